The molecule has 2 aromatic rings. The lowest BCUT2D eigenvalue weighted by Crippen LogP contribution is -2.49. The molecule has 0 aliphatic carbocycles. The van der Waals surface area contributed by atoms with Crippen LogP contribution in [-0.2, 0) is 11.3 Å². The zero-order valence-corrected chi connectivity index (χ0v) is 15.1. The summed E-state index contributed by atoms with van der Waals surface area (Å²) in [6.45, 7) is 2.82. The van der Waals surface area contributed by atoms with Crippen LogP contribution in [0.5, 0.6) is 0 Å². The van der Waals surface area contributed by atoms with E-state index in [-0.39, 0.29) is 30.4 Å². The first-order chi connectivity index (χ1) is 12.7. The van der Waals surface area contributed by atoms with Gasteiger partial charge in [0.1, 0.15) is 6.61 Å². The molecule has 2 atom stereocenters. The number of carbonyl (C=O) groups excluding carboxylic acids is 2. The number of benzene rings is 2. The maximum Gasteiger partial charge on any atom is 0.410 e. The molecule has 4 nitrogen and oxygen atoms in total. The fourth-order valence-corrected chi connectivity index (χ4v) is 3.55. The first-order valence-electron chi connectivity index (χ1n) is 9.23. The highest BCUT2D eigenvalue weighted by Gasteiger charge is 2.35. The third-order valence-electron chi connectivity index (χ3n) is 5.04. The van der Waals surface area contributed by atoms with Crippen LogP contribution in [0.15, 0.2) is 60.7 Å². The lowest BCUT2D eigenvalue weighted by atomic mass is 9.86. The van der Waals surface area contributed by atoms with Crippen molar-refractivity contribution in [1.29, 1.82) is 0 Å². The van der Waals surface area contributed by atoms with Crippen molar-refractivity contribution in [2.45, 2.75) is 38.8 Å². The van der Waals surface area contributed by atoms with Gasteiger partial charge in [-0.15, -0.1) is 0 Å². The molecule has 0 aromatic heterocycles. The van der Waals surface area contributed by atoms with Crippen LogP contribution in [0.2, 0.25) is 0 Å². The standard InChI is InChI=1S/C22H25NO3/c1-17(21(24)19-12-6-3-7-13-19)20-14-8-9-15-23(20)22(25)26-16-18-10-4-2-5-11-18/h2-7,10-13,17,20H,8-9,14-16H2,1H3. The number of carbonyl (C=O) groups is 2. The van der Waals surface area contributed by atoms with E-state index in [1.165, 1.54) is 0 Å². The molecule has 0 bridgehead atoms. The minimum Gasteiger partial charge on any atom is -0.445 e. The second-order valence-electron chi connectivity index (χ2n) is 6.82. The SMILES string of the molecule is CC(C(=O)c1ccccc1)C1CCCCN1C(=O)OCc1ccccc1. The number of hydrogen-bond acceptors (Lipinski definition) is 3. The highest BCUT2D eigenvalue weighted by atomic mass is 16.6. The predicted molar refractivity (Wildman–Crippen MR) is 101 cm³/mol. The van der Waals surface area contributed by atoms with Gasteiger partial charge in [-0.3, -0.25) is 4.79 Å². The Hall–Kier alpha value is -2.62. The van der Waals surface area contributed by atoms with Gasteiger partial charge in [0.15, 0.2) is 5.78 Å². The van der Waals surface area contributed by atoms with E-state index in [0.717, 1.165) is 24.8 Å². The normalized spacial score (nSPS) is 18.2. The minimum absolute atomic E-state index is 0.0818. The quantitative estimate of drug-likeness (QED) is 0.734. The van der Waals surface area contributed by atoms with Crippen molar-refractivity contribution in [1.82, 2.24) is 4.90 Å². The van der Waals surface area contributed by atoms with Gasteiger partial charge in [-0.1, -0.05) is 67.6 Å². The Bertz CT molecular complexity index is 730. The molecule has 0 radical (unpaired) electrons. The van der Waals surface area contributed by atoms with Crippen LogP contribution in [0.1, 0.15) is 42.1 Å². The van der Waals surface area contributed by atoms with Gasteiger partial charge in [-0.2, -0.15) is 0 Å². The van der Waals surface area contributed by atoms with E-state index < -0.39 is 0 Å². The summed E-state index contributed by atoms with van der Waals surface area (Å²) in [6.07, 6.45) is 2.48. The van der Waals surface area contributed by atoms with Gasteiger partial charge in [-0.05, 0) is 24.8 Å². The summed E-state index contributed by atoms with van der Waals surface area (Å²) in [6, 6.07) is 18.8. The first-order valence-corrected chi connectivity index (χ1v) is 9.23. The molecule has 2 unspecified atom stereocenters. The Kier molecular flexibility index (Phi) is 6.05. The molecule has 0 spiro atoms. The van der Waals surface area contributed by atoms with Crippen LogP contribution in [0.25, 0.3) is 0 Å². The summed E-state index contributed by atoms with van der Waals surface area (Å²) in [5.41, 5.74) is 1.66. The number of likely N-dealkylation sites (tertiary alicyclic amines) is 1. The maximum atomic E-state index is 12.8. The molecule has 1 amide bonds. The second-order valence-corrected chi connectivity index (χ2v) is 6.82. The second kappa shape index (κ2) is 8.65. The van der Waals surface area contributed by atoms with E-state index in [1.807, 2.05) is 67.6 Å². The number of amides is 1. The topological polar surface area (TPSA) is 46.6 Å². The van der Waals surface area contributed by atoms with E-state index in [9.17, 15) is 9.59 Å². The summed E-state index contributed by atoms with van der Waals surface area (Å²) in [5, 5.41) is 0. The number of nitrogens with zero attached hydrogens (tertiary/aromatic N) is 1. The van der Waals surface area contributed by atoms with Crippen LogP contribution in [-0.4, -0.2) is 29.4 Å². The smallest absolute Gasteiger partial charge is 0.410 e. The number of ketones is 1. The zero-order chi connectivity index (χ0) is 18.4. The Morgan fingerprint density at radius 2 is 1.69 bits per heavy atom. The molecule has 136 valence electrons. The van der Waals surface area contributed by atoms with Crippen molar-refractivity contribution >= 4 is 11.9 Å². The van der Waals surface area contributed by atoms with E-state index in [4.69, 9.17) is 4.74 Å². The third-order valence-corrected chi connectivity index (χ3v) is 5.04. The number of Topliss-reactive ketones (excluding diaryl/α,β-unsaturated/α-hetero) is 1. The molecule has 1 fully saturated rings. The van der Waals surface area contributed by atoms with Crippen molar-refractivity contribution < 1.29 is 14.3 Å². The van der Waals surface area contributed by atoms with Crippen LogP contribution in [0, 0.1) is 5.92 Å². The van der Waals surface area contributed by atoms with E-state index in [1.54, 1.807) is 4.90 Å². The lowest BCUT2D eigenvalue weighted by Gasteiger charge is -2.38. The molecule has 1 aliphatic heterocycles. The molecule has 26 heavy (non-hydrogen) atoms. The fourth-order valence-electron chi connectivity index (χ4n) is 3.55. The van der Waals surface area contributed by atoms with Crippen molar-refractivity contribution in [2.75, 3.05) is 6.54 Å². The molecule has 0 saturated carbocycles. The highest BCUT2D eigenvalue weighted by molar-refractivity contribution is 5.98. The van der Waals surface area contributed by atoms with Gasteiger partial charge < -0.3 is 9.64 Å². The molecular weight excluding hydrogens is 326 g/mol. The molecule has 3 rings (SSSR count). The van der Waals surface area contributed by atoms with Gasteiger partial charge >= 0.3 is 6.09 Å². The van der Waals surface area contributed by atoms with Crippen LogP contribution >= 0.6 is 0 Å². The van der Waals surface area contributed by atoms with Crippen LogP contribution in [0.3, 0.4) is 0 Å². The average Bonchev–Trinajstić information content (AvgIpc) is 2.72. The Balaban J connectivity index is 1.67. The lowest BCUT2D eigenvalue weighted by molar-refractivity contribution is 0.0500. The minimum atomic E-state index is -0.328. The van der Waals surface area contributed by atoms with Crippen molar-refractivity contribution in [2.24, 2.45) is 5.92 Å². The van der Waals surface area contributed by atoms with Crippen LogP contribution in [0.4, 0.5) is 4.79 Å². The van der Waals surface area contributed by atoms with Gasteiger partial charge in [0.2, 0.25) is 0 Å². The van der Waals surface area contributed by atoms with Crippen LogP contribution < -0.4 is 0 Å². The Morgan fingerprint density at radius 3 is 2.38 bits per heavy atom. The average molecular weight is 351 g/mol. The third kappa shape index (κ3) is 4.31. The molecule has 4 heteroatoms. The number of ether oxygens (including phenoxy) is 1. The predicted octanol–water partition coefficient (Wildman–Crippen LogP) is 4.70. The van der Waals surface area contributed by atoms with Gasteiger partial charge in [0.25, 0.3) is 0 Å². The Labute approximate surface area is 154 Å². The summed E-state index contributed by atoms with van der Waals surface area (Å²) >= 11 is 0. The molecule has 1 heterocycles. The number of rotatable bonds is 5. The fraction of sp³-hybridized carbons (Fsp3) is 0.364. The summed E-state index contributed by atoms with van der Waals surface area (Å²) in [7, 11) is 0. The van der Waals surface area contributed by atoms with E-state index in [2.05, 4.69) is 0 Å². The highest BCUT2D eigenvalue weighted by Crippen LogP contribution is 2.26. The first kappa shape index (κ1) is 18.2. The summed E-state index contributed by atoms with van der Waals surface area (Å²) < 4.78 is 5.51. The van der Waals surface area contributed by atoms with Crippen molar-refractivity contribution in [3.63, 3.8) is 0 Å². The molecular formula is C22H25NO3. The van der Waals surface area contributed by atoms with Gasteiger partial charge in [-0.25, -0.2) is 4.79 Å². The van der Waals surface area contributed by atoms with Crippen molar-refractivity contribution in [3.8, 4) is 0 Å². The maximum absolute atomic E-state index is 12.8. The van der Waals surface area contributed by atoms with E-state index in [0.29, 0.717) is 12.1 Å². The monoisotopic (exact) mass is 351 g/mol. The molecule has 0 N–H and O–H groups in total. The molecule has 1 aliphatic rings. The largest absolute Gasteiger partial charge is 0.445 e. The van der Waals surface area contributed by atoms with E-state index >= 15 is 0 Å². The van der Waals surface area contributed by atoms with Gasteiger partial charge in [0, 0.05) is 24.1 Å². The Morgan fingerprint density at radius 1 is 1.04 bits per heavy atom. The zero-order valence-electron chi connectivity index (χ0n) is 15.1. The number of hydrogen-bond donors (Lipinski definition) is 0. The van der Waals surface area contributed by atoms with Crippen molar-refractivity contribution in [3.05, 3.63) is 71.8 Å². The summed E-state index contributed by atoms with van der Waals surface area (Å²) in [5.74, 6) is -0.166. The number of piperidine rings is 1. The molecule has 1 saturated heterocycles. The van der Waals surface area contributed by atoms with Gasteiger partial charge in [0.05, 0.1) is 0 Å². The molecule has 2 aromatic carbocycles. The summed E-state index contributed by atoms with van der Waals surface area (Å²) in [4.78, 5) is 27.2.